The minimum Gasteiger partial charge on any atom is -0.493 e. The van der Waals surface area contributed by atoms with Crippen LogP contribution < -0.4 is 14.8 Å². The van der Waals surface area contributed by atoms with E-state index < -0.39 is 0 Å². The average molecular weight is 244 g/mol. The second-order valence-electron chi connectivity index (χ2n) is 3.01. The number of alkyl halides is 1. The van der Waals surface area contributed by atoms with E-state index in [0.717, 1.165) is 0 Å². The van der Waals surface area contributed by atoms with Gasteiger partial charge in [0.1, 0.15) is 0 Å². The fourth-order valence-electron chi connectivity index (χ4n) is 1.24. The van der Waals surface area contributed by atoms with Gasteiger partial charge in [-0.05, 0) is 18.2 Å². The summed E-state index contributed by atoms with van der Waals surface area (Å²) < 4.78 is 10.2. The van der Waals surface area contributed by atoms with Crippen molar-refractivity contribution in [1.29, 1.82) is 0 Å². The summed E-state index contributed by atoms with van der Waals surface area (Å²) >= 11 is 5.48. The van der Waals surface area contributed by atoms with Crippen molar-refractivity contribution in [3.8, 4) is 11.5 Å². The van der Waals surface area contributed by atoms with E-state index in [-0.39, 0.29) is 5.91 Å². The third-order valence-electron chi connectivity index (χ3n) is 2.03. The van der Waals surface area contributed by atoms with Gasteiger partial charge in [-0.15, -0.1) is 11.6 Å². The molecule has 0 aliphatic heterocycles. The van der Waals surface area contributed by atoms with Gasteiger partial charge in [0.2, 0.25) is 0 Å². The molecule has 0 radical (unpaired) electrons. The van der Waals surface area contributed by atoms with Crippen LogP contribution in [0.1, 0.15) is 10.4 Å². The van der Waals surface area contributed by atoms with E-state index in [0.29, 0.717) is 29.5 Å². The van der Waals surface area contributed by atoms with Crippen molar-refractivity contribution in [2.75, 3.05) is 26.6 Å². The molecule has 16 heavy (non-hydrogen) atoms. The molecule has 0 aliphatic carbocycles. The maximum atomic E-state index is 11.6. The second-order valence-corrected chi connectivity index (χ2v) is 3.39. The SMILES string of the molecule is COc1ccc(C(=O)NCCCl)cc1OC. The Kier molecular flexibility index (Phi) is 4.92. The molecule has 88 valence electrons. The van der Waals surface area contributed by atoms with Crippen LogP contribution >= 0.6 is 11.6 Å². The summed E-state index contributed by atoms with van der Waals surface area (Å²) in [6.45, 7) is 0.439. The van der Waals surface area contributed by atoms with Crippen molar-refractivity contribution in [1.82, 2.24) is 5.32 Å². The van der Waals surface area contributed by atoms with Crippen molar-refractivity contribution in [2.24, 2.45) is 0 Å². The number of hydrogen-bond acceptors (Lipinski definition) is 3. The van der Waals surface area contributed by atoms with Gasteiger partial charge in [-0.1, -0.05) is 0 Å². The first-order chi connectivity index (χ1) is 7.72. The Balaban J connectivity index is 2.85. The lowest BCUT2D eigenvalue weighted by Gasteiger charge is -2.09. The van der Waals surface area contributed by atoms with Crippen molar-refractivity contribution >= 4 is 17.5 Å². The van der Waals surface area contributed by atoms with E-state index in [1.807, 2.05) is 0 Å². The Morgan fingerprint density at radius 2 is 2.00 bits per heavy atom. The lowest BCUT2D eigenvalue weighted by Crippen LogP contribution is -2.25. The zero-order valence-electron chi connectivity index (χ0n) is 9.25. The van der Waals surface area contributed by atoms with Crippen LogP contribution in [0.2, 0.25) is 0 Å². The Morgan fingerprint density at radius 3 is 2.56 bits per heavy atom. The van der Waals surface area contributed by atoms with Crippen molar-refractivity contribution in [3.63, 3.8) is 0 Å². The topological polar surface area (TPSA) is 47.6 Å². The summed E-state index contributed by atoms with van der Waals surface area (Å²) in [6, 6.07) is 4.99. The lowest BCUT2D eigenvalue weighted by molar-refractivity contribution is 0.0955. The molecule has 0 saturated heterocycles. The van der Waals surface area contributed by atoms with Crippen LogP contribution in [0.25, 0.3) is 0 Å². The Morgan fingerprint density at radius 1 is 1.31 bits per heavy atom. The van der Waals surface area contributed by atoms with Gasteiger partial charge in [0.05, 0.1) is 14.2 Å². The minimum absolute atomic E-state index is 0.179. The molecule has 0 aliphatic rings. The molecule has 1 amide bonds. The first-order valence-corrected chi connectivity index (χ1v) is 5.32. The van der Waals surface area contributed by atoms with E-state index in [1.165, 1.54) is 7.11 Å². The summed E-state index contributed by atoms with van der Waals surface area (Å²) in [5, 5.41) is 2.67. The normalized spacial score (nSPS) is 9.69. The van der Waals surface area contributed by atoms with Gasteiger partial charge in [-0.2, -0.15) is 0 Å². The number of rotatable bonds is 5. The number of methoxy groups -OCH3 is 2. The smallest absolute Gasteiger partial charge is 0.251 e. The standard InChI is InChI=1S/C11H14ClNO3/c1-15-9-4-3-8(7-10(9)16-2)11(14)13-6-5-12/h3-4,7H,5-6H2,1-2H3,(H,13,14). The first-order valence-electron chi connectivity index (χ1n) is 4.79. The predicted octanol–water partition coefficient (Wildman–Crippen LogP) is 1.67. The van der Waals surface area contributed by atoms with Crippen LogP contribution in [-0.4, -0.2) is 32.6 Å². The van der Waals surface area contributed by atoms with Crippen molar-refractivity contribution < 1.29 is 14.3 Å². The molecule has 5 heteroatoms. The molecule has 4 nitrogen and oxygen atoms in total. The number of nitrogens with one attached hydrogen (secondary N) is 1. The summed E-state index contributed by atoms with van der Waals surface area (Å²) in [6.07, 6.45) is 0. The summed E-state index contributed by atoms with van der Waals surface area (Å²) in [4.78, 5) is 11.6. The molecular weight excluding hydrogens is 230 g/mol. The minimum atomic E-state index is -0.179. The van der Waals surface area contributed by atoms with Crippen LogP contribution in [0.4, 0.5) is 0 Å². The van der Waals surface area contributed by atoms with Crippen LogP contribution in [0.5, 0.6) is 11.5 Å². The molecule has 0 spiro atoms. The van der Waals surface area contributed by atoms with Gasteiger partial charge in [0.15, 0.2) is 11.5 Å². The molecule has 1 aromatic carbocycles. The van der Waals surface area contributed by atoms with Gasteiger partial charge in [0.25, 0.3) is 5.91 Å². The maximum absolute atomic E-state index is 11.6. The number of halogens is 1. The van der Waals surface area contributed by atoms with Gasteiger partial charge in [-0.25, -0.2) is 0 Å². The summed E-state index contributed by atoms with van der Waals surface area (Å²) in [7, 11) is 3.07. The van der Waals surface area contributed by atoms with Gasteiger partial charge >= 0.3 is 0 Å². The maximum Gasteiger partial charge on any atom is 0.251 e. The quantitative estimate of drug-likeness (QED) is 0.801. The largest absolute Gasteiger partial charge is 0.493 e. The third kappa shape index (κ3) is 3.03. The lowest BCUT2D eigenvalue weighted by atomic mass is 10.2. The Hall–Kier alpha value is -1.42. The van der Waals surface area contributed by atoms with E-state index in [9.17, 15) is 4.79 Å². The highest BCUT2D eigenvalue weighted by molar-refractivity contribution is 6.18. The van der Waals surface area contributed by atoms with Gasteiger partial charge in [0, 0.05) is 18.0 Å². The Labute approximate surface area is 99.5 Å². The molecule has 0 heterocycles. The molecule has 0 fully saturated rings. The molecule has 1 rings (SSSR count). The summed E-state index contributed by atoms with van der Waals surface area (Å²) in [5.74, 6) is 1.33. The molecule has 0 unspecified atom stereocenters. The van der Waals surface area contributed by atoms with E-state index in [1.54, 1.807) is 25.3 Å². The monoisotopic (exact) mass is 243 g/mol. The molecule has 0 saturated carbocycles. The van der Waals surface area contributed by atoms with Crippen LogP contribution in [0, 0.1) is 0 Å². The van der Waals surface area contributed by atoms with Crippen LogP contribution in [-0.2, 0) is 0 Å². The van der Waals surface area contributed by atoms with Gasteiger partial charge in [-0.3, -0.25) is 4.79 Å². The second kappa shape index (κ2) is 6.23. The van der Waals surface area contributed by atoms with Crippen LogP contribution in [0.3, 0.4) is 0 Å². The highest BCUT2D eigenvalue weighted by Gasteiger charge is 2.09. The van der Waals surface area contributed by atoms with E-state index in [2.05, 4.69) is 5.32 Å². The zero-order chi connectivity index (χ0) is 12.0. The van der Waals surface area contributed by atoms with Crippen molar-refractivity contribution in [2.45, 2.75) is 0 Å². The highest BCUT2D eigenvalue weighted by Crippen LogP contribution is 2.27. The third-order valence-corrected chi connectivity index (χ3v) is 2.21. The van der Waals surface area contributed by atoms with E-state index in [4.69, 9.17) is 21.1 Å². The number of carbonyl (C=O) groups excluding carboxylic acids is 1. The number of carbonyl (C=O) groups is 1. The number of ether oxygens (including phenoxy) is 2. The molecular formula is C11H14ClNO3. The first kappa shape index (κ1) is 12.6. The highest BCUT2D eigenvalue weighted by atomic mass is 35.5. The molecule has 0 atom stereocenters. The number of amides is 1. The van der Waals surface area contributed by atoms with Gasteiger partial charge < -0.3 is 14.8 Å². The average Bonchev–Trinajstić information content (AvgIpc) is 2.34. The number of benzene rings is 1. The van der Waals surface area contributed by atoms with Crippen molar-refractivity contribution in [3.05, 3.63) is 23.8 Å². The Bertz CT molecular complexity index is 368. The van der Waals surface area contributed by atoms with Crippen LogP contribution in [0.15, 0.2) is 18.2 Å². The molecule has 0 aromatic heterocycles. The zero-order valence-corrected chi connectivity index (χ0v) is 10.0. The predicted molar refractivity (Wildman–Crippen MR) is 62.6 cm³/mol. The molecule has 1 aromatic rings. The molecule has 0 bridgehead atoms. The summed E-state index contributed by atoms with van der Waals surface area (Å²) in [5.41, 5.74) is 0.516. The fraction of sp³-hybridized carbons (Fsp3) is 0.364. The fourth-order valence-corrected chi connectivity index (χ4v) is 1.33. The molecule has 1 N–H and O–H groups in total. The number of hydrogen-bond donors (Lipinski definition) is 1. The van der Waals surface area contributed by atoms with E-state index >= 15 is 0 Å².